The number of rotatable bonds is 0. The molecule has 1 saturated carbocycles. The molecule has 0 bridgehead atoms. The minimum absolute atomic E-state index is 0.214. The summed E-state index contributed by atoms with van der Waals surface area (Å²) in [6, 6.07) is 0. The van der Waals surface area contributed by atoms with E-state index in [0.717, 1.165) is 12.8 Å². The first kappa shape index (κ1) is 10.4. The molecule has 0 radical (unpaired) electrons. The third-order valence-corrected chi connectivity index (χ3v) is 1.55. The van der Waals surface area contributed by atoms with Crippen LogP contribution in [0.2, 0.25) is 0 Å². The first-order valence-electron chi connectivity index (χ1n) is 3.57. The van der Waals surface area contributed by atoms with Crippen LogP contribution < -0.4 is 5.11 Å². The van der Waals surface area contributed by atoms with E-state index < -0.39 is 15.9 Å². The van der Waals surface area contributed by atoms with Crippen LogP contribution in [0.4, 0.5) is 0 Å². The van der Waals surface area contributed by atoms with Crippen LogP contribution in [0, 0.1) is 0 Å². The minimum atomic E-state index is -1.25. The average Bonchev–Trinajstić information content (AvgIpc) is 1.91. The van der Waals surface area contributed by atoms with Gasteiger partial charge in [0.05, 0.1) is 0 Å². The summed E-state index contributed by atoms with van der Waals surface area (Å²) in [7, 11) is 0. The SMILES string of the molecule is [O-]C1CCCCC1.[OH][Al+][OH]. The summed E-state index contributed by atoms with van der Waals surface area (Å²) < 4.78 is 14.4. The van der Waals surface area contributed by atoms with E-state index in [-0.39, 0.29) is 6.10 Å². The Morgan fingerprint density at radius 1 is 1.10 bits per heavy atom. The second-order valence-corrected chi connectivity index (χ2v) is 2.61. The standard InChI is InChI=1S/C6H11O.Al.2H2O/c7-6-4-2-1-3-5-6;;;/h6H,1-5H2;;2*1H2/q-1;+3;;/p-2. The van der Waals surface area contributed by atoms with Crippen LogP contribution in [0.5, 0.6) is 0 Å². The molecule has 0 heterocycles. The quantitative estimate of drug-likeness (QED) is 0.455. The van der Waals surface area contributed by atoms with Gasteiger partial charge in [-0.2, -0.15) is 0 Å². The molecule has 0 unspecified atom stereocenters. The second-order valence-electron chi connectivity index (χ2n) is 2.38. The van der Waals surface area contributed by atoms with Gasteiger partial charge < -0.3 is 5.11 Å². The summed E-state index contributed by atoms with van der Waals surface area (Å²) in [6.07, 6.45) is 5.29. The molecule has 1 aliphatic carbocycles. The molecule has 0 aliphatic heterocycles. The van der Waals surface area contributed by atoms with E-state index in [1.807, 2.05) is 0 Å². The fourth-order valence-electron chi connectivity index (χ4n) is 1.07. The molecule has 3 nitrogen and oxygen atoms in total. The van der Waals surface area contributed by atoms with E-state index >= 15 is 0 Å². The van der Waals surface area contributed by atoms with E-state index in [1.54, 1.807) is 0 Å². The molecule has 4 heteroatoms. The molecule has 2 N–H and O–H groups in total. The predicted octanol–water partition coefficient (Wildman–Crippen LogP) is -0.815. The Balaban J connectivity index is 0.000000236. The Labute approximate surface area is 68.1 Å². The topological polar surface area (TPSA) is 63.5 Å². The van der Waals surface area contributed by atoms with E-state index in [1.165, 1.54) is 19.3 Å². The summed E-state index contributed by atoms with van der Waals surface area (Å²) in [4.78, 5) is 0. The molecule has 1 aliphatic rings. The molecular weight excluding hydrogens is 147 g/mol. The fourth-order valence-corrected chi connectivity index (χ4v) is 1.07. The molecule has 0 amide bonds. The Morgan fingerprint density at radius 3 is 1.70 bits per heavy atom. The van der Waals surface area contributed by atoms with Crippen LogP contribution >= 0.6 is 0 Å². The molecule has 0 aromatic carbocycles. The van der Waals surface area contributed by atoms with E-state index in [0.29, 0.717) is 0 Å². The zero-order chi connectivity index (χ0) is 7.82. The van der Waals surface area contributed by atoms with Gasteiger partial charge >= 0.3 is 24.2 Å². The van der Waals surface area contributed by atoms with Gasteiger partial charge in [0.1, 0.15) is 0 Å². The van der Waals surface area contributed by atoms with Gasteiger partial charge in [-0.3, -0.25) is 0 Å². The van der Waals surface area contributed by atoms with Gasteiger partial charge in [0.2, 0.25) is 0 Å². The van der Waals surface area contributed by atoms with Gasteiger partial charge in [0, 0.05) is 0 Å². The summed E-state index contributed by atoms with van der Waals surface area (Å²) in [5.41, 5.74) is 0. The Morgan fingerprint density at radius 2 is 1.50 bits per heavy atom. The van der Waals surface area contributed by atoms with Gasteiger partial charge in [0.25, 0.3) is 0 Å². The van der Waals surface area contributed by atoms with Crippen molar-refractivity contribution in [2.75, 3.05) is 0 Å². The van der Waals surface area contributed by atoms with Crippen molar-refractivity contribution >= 4 is 15.9 Å². The van der Waals surface area contributed by atoms with E-state index in [2.05, 4.69) is 0 Å². The molecule has 58 valence electrons. The maximum absolute atomic E-state index is 10.5. The normalized spacial score (nSPS) is 18.7. The first-order chi connectivity index (χ1) is 4.81. The summed E-state index contributed by atoms with van der Waals surface area (Å²) in [5.74, 6) is 0. The van der Waals surface area contributed by atoms with Crippen molar-refractivity contribution in [3.63, 3.8) is 0 Å². The van der Waals surface area contributed by atoms with E-state index in [9.17, 15) is 5.11 Å². The molecule has 1 fully saturated rings. The molecule has 0 saturated heterocycles. The molecule has 0 aromatic rings. The van der Waals surface area contributed by atoms with Crippen LogP contribution in [-0.4, -0.2) is 30.3 Å². The Hall–Kier alpha value is 0.412. The molecule has 0 atom stereocenters. The third kappa shape index (κ3) is 6.53. The summed E-state index contributed by atoms with van der Waals surface area (Å²) >= 11 is -1.25. The van der Waals surface area contributed by atoms with Gasteiger partial charge in [-0.15, -0.1) is 6.10 Å². The van der Waals surface area contributed by atoms with Crippen LogP contribution in [0.15, 0.2) is 0 Å². The monoisotopic (exact) mass is 160 g/mol. The summed E-state index contributed by atoms with van der Waals surface area (Å²) in [6.45, 7) is 0. The van der Waals surface area contributed by atoms with Crippen molar-refractivity contribution in [3.05, 3.63) is 0 Å². The van der Waals surface area contributed by atoms with E-state index in [4.69, 9.17) is 8.32 Å². The third-order valence-electron chi connectivity index (χ3n) is 1.55. The van der Waals surface area contributed by atoms with Crippen molar-refractivity contribution in [2.24, 2.45) is 0 Å². The second kappa shape index (κ2) is 7.52. The fraction of sp³-hybridized carbons (Fsp3) is 1.00. The van der Waals surface area contributed by atoms with Gasteiger partial charge in [0.15, 0.2) is 0 Å². The van der Waals surface area contributed by atoms with Crippen LogP contribution in [0.1, 0.15) is 32.1 Å². The van der Waals surface area contributed by atoms with Gasteiger partial charge in [-0.25, -0.2) is 0 Å². The van der Waals surface area contributed by atoms with Crippen molar-refractivity contribution in [1.82, 2.24) is 0 Å². The molecule has 0 aromatic heterocycles. The van der Waals surface area contributed by atoms with Crippen LogP contribution in [0.3, 0.4) is 0 Å². The maximum atomic E-state index is 10.5. The number of hydrogen-bond donors (Lipinski definition) is 2. The predicted molar refractivity (Wildman–Crippen MR) is 37.1 cm³/mol. The van der Waals surface area contributed by atoms with Crippen molar-refractivity contribution in [1.29, 1.82) is 0 Å². The Bertz CT molecular complexity index is 64.0. The van der Waals surface area contributed by atoms with Gasteiger partial charge in [-0.05, 0) is 0 Å². The van der Waals surface area contributed by atoms with Crippen LogP contribution in [-0.2, 0) is 0 Å². The van der Waals surface area contributed by atoms with Gasteiger partial charge in [-0.1, -0.05) is 32.1 Å². The Kier molecular flexibility index (Phi) is 7.83. The first-order valence-corrected chi connectivity index (χ1v) is 4.60. The molecular formula is C6H13AlO3. The zero-order valence-electron chi connectivity index (χ0n) is 5.99. The average molecular weight is 160 g/mol. The molecule has 1 rings (SSSR count). The molecule has 10 heavy (non-hydrogen) atoms. The van der Waals surface area contributed by atoms with Crippen LogP contribution in [0.25, 0.3) is 0 Å². The van der Waals surface area contributed by atoms with Crippen molar-refractivity contribution < 1.29 is 13.4 Å². The molecule has 0 spiro atoms. The number of hydrogen-bond acceptors (Lipinski definition) is 3. The van der Waals surface area contributed by atoms with Crippen molar-refractivity contribution in [2.45, 2.75) is 38.2 Å². The van der Waals surface area contributed by atoms with Crippen molar-refractivity contribution in [3.8, 4) is 0 Å². The zero-order valence-corrected chi connectivity index (χ0v) is 7.15. The summed E-state index contributed by atoms with van der Waals surface area (Å²) in [5, 5.41) is 10.5.